The number of hydrogen-bond donors (Lipinski definition) is 1. The van der Waals surface area contributed by atoms with Crippen LogP contribution in [0, 0.1) is 12.3 Å². The van der Waals surface area contributed by atoms with Gasteiger partial charge in [0.2, 0.25) is 5.91 Å². The number of thiophene rings is 1. The molecule has 0 radical (unpaired) electrons. The van der Waals surface area contributed by atoms with Gasteiger partial charge in [-0.05, 0) is 55.7 Å². The van der Waals surface area contributed by atoms with Crippen molar-refractivity contribution in [1.29, 1.82) is 0 Å². The van der Waals surface area contributed by atoms with Gasteiger partial charge in [0.1, 0.15) is 0 Å². The van der Waals surface area contributed by atoms with Crippen LogP contribution in [0.2, 0.25) is 0 Å². The summed E-state index contributed by atoms with van der Waals surface area (Å²) < 4.78 is 0. The number of carbonyl (C=O) groups is 2. The van der Waals surface area contributed by atoms with E-state index in [2.05, 4.69) is 17.1 Å². The number of amides is 2. The number of nitrogens with one attached hydrogen (secondary N) is 1. The van der Waals surface area contributed by atoms with E-state index < -0.39 is 5.41 Å². The van der Waals surface area contributed by atoms with Gasteiger partial charge in [-0.15, -0.1) is 11.3 Å². The standard InChI is InChI=1S/C20H26N4O2S/c1-4-20(19(26)23(3)12-14-7-9-21-22-14)11-15-5-6-16(20)24(15)18(25)17-13(2)8-10-27-17/h7-10,15-16H,4-6,11-12H2,1-3H3,(H,21,22)/t15-,16+,20+/m0/s1. The second-order valence-corrected chi connectivity index (χ2v) is 8.77. The number of fused-ring (bicyclic) bond motifs is 2. The Labute approximate surface area is 163 Å². The largest absolute Gasteiger partial charge is 0.339 e. The molecule has 4 heterocycles. The Kier molecular flexibility index (Phi) is 4.58. The highest BCUT2D eigenvalue weighted by atomic mass is 32.1. The highest BCUT2D eigenvalue weighted by Gasteiger charge is 2.61. The van der Waals surface area contributed by atoms with Gasteiger partial charge in [0, 0.05) is 25.3 Å². The first-order chi connectivity index (χ1) is 13.0. The van der Waals surface area contributed by atoms with Gasteiger partial charge >= 0.3 is 0 Å². The normalized spacial score (nSPS) is 26.6. The molecule has 1 N–H and O–H groups in total. The van der Waals surface area contributed by atoms with Gasteiger partial charge in [0.25, 0.3) is 5.91 Å². The van der Waals surface area contributed by atoms with Crippen molar-refractivity contribution in [3.63, 3.8) is 0 Å². The fraction of sp³-hybridized carbons (Fsp3) is 0.550. The van der Waals surface area contributed by atoms with Crippen molar-refractivity contribution in [1.82, 2.24) is 20.0 Å². The van der Waals surface area contributed by atoms with Gasteiger partial charge < -0.3 is 9.80 Å². The number of rotatable bonds is 5. The zero-order valence-corrected chi connectivity index (χ0v) is 16.9. The van der Waals surface area contributed by atoms with E-state index in [1.165, 1.54) is 11.3 Å². The third-order valence-corrected chi connectivity index (χ3v) is 7.40. The minimum atomic E-state index is -0.474. The molecule has 0 spiro atoms. The molecule has 0 saturated carbocycles. The Morgan fingerprint density at radius 3 is 2.85 bits per heavy atom. The molecule has 2 fully saturated rings. The van der Waals surface area contributed by atoms with Crippen molar-refractivity contribution in [2.45, 2.75) is 58.2 Å². The molecular formula is C20H26N4O2S. The maximum Gasteiger partial charge on any atom is 0.264 e. The number of aromatic nitrogens is 2. The predicted molar refractivity (Wildman–Crippen MR) is 104 cm³/mol. The van der Waals surface area contributed by atoms with E-state index in [1.54, 1.807) is 11.1 Å². The van der Waals surface area contributed by atoms with E-state index in [0.29, 0.717) is 6.54 Å². The average Bonchev–Trinajstić information content (AvgIpc) is 3.44. The van der Waals surface area contributed by atoms with Crippen molar-refractivity contribution in [2.24, 2.45) is 5.41 Å². The molecule has 6 nitrogen and oxygen atoms in total. The van der Waals surface area contributed by atoms with E-state index in [4.69, 9.17) is 0 Å². The zero-order valence-electron chi connectivity index (χ0n) is 16.1. The van der Waals surface area contributed by atoms with Gasteiger partial charge in [-0.25, -0.2) is 0 Å². The van der Waals surface area contributed by atoms with Crippen molar-refractivity contribution in [3.8, 4) is 0 Å². The SMILES string of the molecule is CC[C@@]1(C(=O)N(C)Cc2ccn[nH]2)C[C@@H]2CC[C@H]1N2C(=O)c1sccc1C. The van der Waals surface area contributed by atoms with Gasteiger partial charge in [-0.1, -0.05) is 6.92 Å². The molecule has 144 valence electrons. The molecule has 3 atom stereocenters. The van der Waals surface area contributed by atoms with Crippen molar-refractivity contribution in [2.75, 3.05) is 7.05 Å². The molecule has 27 heavy (non-hydrogen) atoms. The Morgan fingerprint density at radius 2 is 2.22 bits per heavy atom. The molecule has 2 aromatic rings. The van der Waals surface area contributed by atoms with Gasteiger partial charge in [0.05, 0.1) is 22.5 Å². The van der Waals surface area contributed by atoms with Crippen molar-refractivity contribution in [3.05, 3.63) is 39.8 Å². The van der Waals surface area contributed by atoms with Crippen molar-refractivity contribution < 1.29 is 9.59 Å². The maximum absolute atomic E-state index is 13.5. The molecule has 0 aliphatic carbocycles. The summed E-state index contributed by atoms with van der Waals surface area (Å²) in [4.78, 5) is 31.4. The molecule has 2 aromatic heterocycles. The Bertz CT molecular complexity index is 846. The smallest absolute Gasteiger partial charge is 0.264 e. The first kappa shape index (κ1) is 18.2. The van der Waals surface area contributed by atoms with Crippen LogP contribution >= 0.6 is 11.3 Å². The van der Waals surface area contributed by atoms with E-state index in [9.17, 15) is 9.59 Å². The number of aryl methyl sites for hydroxylation is 1. The van der Waals surface area contributed by atoms with Crippen molar-refractivity contribution >= 4 is 23.2 Å². The Balaban J connectivity index is 1.59. The van der Waals surface area contributed by atoms with Crippen LogP contribution < -0.4 is 0 Å². The van der Waals surface area contributed by atoms with E-state index in [1.807, 2.05) is 36.4 Å². The molecule has 2 aliphatic heterocycles. The molecule has 4 rings (SSSR count). The van der Waals surface area contributed by atoms with Crippen LogP contribution in [0.25, 0.3) is 0 Å². The molecule has 2 amide bonds. The van der Waals surface area contributed by atoms with Gasteiger partial charge in [-0.2, -0.15) is 5.10 Å². The number of hydrogen-bond acceptors (Lipinski definition) is 4. The van der Waals surface area contributed by atoms with Gasteiger partial charge in [0.15, 0.2) is 0 Å². The molecule has 2 aliphatic rings. The van der Waals surface area contributed by atoms with Crippen LogP contribution in [0.15, 0.2) is 23.7 Å². The summed E-state index contributed by atoms with van der Waals surface area (Å²) in [7, 11) is 1.85. The monoisotopic (exact) mass is 386 g/mol. The van der Waals surface area contributed by atoms with E-state index >= 15 is 0 Å². The lowest BCUT2D eigenvalue weighted by atomic mass is 9.71. The first-order valence-corrected chi connectivity index (χ1v) is 10.5. The summed E-state index contributed by atoms with van der Waals surface area (Å²) in [6.45, 7) is 4.58. The summed E-state index contributed by atoms with van der Waals surface area (Å²) in [5.41, 5.74) is 1.47. The number of nitrogens with zero attached hydrogens (tertiary/aromatic N) is 3. The molecule has 2 saturated heterocycles. The minimum Gasteiger partial charge on any atom is -0.339 e. The Hall–Kier alpha value is -2.15. The second-order valence-electron chi connectivity index (χ2n) is 7.85. The predicted octanol–water partition coefficient (Wildman–Crippen LogP) is 3.21. The third-order valence-electron chi connectivity index (χ3n) is 6.40. The topological polar surface area (TPSA) is 69.3 Å². The maximum atomic E-state index is 13.5. The lowest BCUT2D eigenvalue weighted by molar-refractivity contribution is -0.143. The molecular weight excluding hydrogens is 360 g/mol. The van der Waals surface area contributed by atoms with E-state index in [0.717, 1.165) is 41.8 Å². The highest BCUT2D eigenvalue weighted by molar-refractivity contribution is 7.12. The fourth-order valence-corrected chi connectivity index (χ4v) is 5.91. The lowest BCUT2D eigenvalue weighted by Crippen LogP contribution is -2.50. The average molecular weight is 387 g/mol. The van der Waals surface area contributed by atoms with Crippen LogP contribution in [-0.4, -0.2) is 50.9 Å². The molecule has 7 heteroatoms. The number of aromatic amines is 1. The minimum absolute atomic E-state index is 0.00165. The Morgan fingerprint density at radius 1 is 1.41 bits per heavy atom. The van der Waals surface area contributed by atoms with E-state index in [-0.39, 0.29) is 23.9 Å². The van der Waals surface area contributed by atoms with Crippen LogP contribution in [-0.2, 0) is 11.3 Å². The van der Waals surface area contributed by atoms with Crippen LogP contribution in [0.3, 0.4) is 0 Å². The number of H-pyrrole nitrogens is 1. The molecule has 0 aromatic carbocycles. The van der Waals surface area contributed by atoms with Crippen LogP contribution in [0.1, 0.15) is 53.5 Å². The summed E-state index contributed by atoms with van der Waals surface area (Å²) in [5.74, 6) is 0.252. The molecule has 0 unspecified atom stereocenters. The number of carbonyl (C=O) groups excluding carboxylic acids is 2. The fourth-order valence-electron chi connectivity index (χ4n) is 5.04. The van der Waals surface area contributed by atoms with Crippen LogP contribution in [0.5, 0.6) is 0 Å². The summed E-state index contributed by atoms with van der Waals surface area (Å²) >= 11 is 1.50. The third kappa shape index (κ3) is 2.79. The quantitative estimate of drug-likeness (QED) is 0.858. The summed E-state index contributed by atoms with van der Waals surface area (Å²) in [5, 5.41) is 8.86. The van der Waals surface area contributed by atoms with Gasteiger partial charge in [-0.3, -0.25) is 14.7 Å². The highest BCUT2D eigenvalue weighted by Crippen LogP contribution is 2.53. The second kappa shape index (κ2) is 6.78. The first-order valence-electron chi connectivity index (χ1n) is 9.58. The summed E-state index contributed by atoms with van der Waals surface area (Å²) in [6, 6.07) is 4.05. The lowest BCUT2D eigenvalue weighted by Gasteiger charge is -2.38. The summed E-state index contributed by atoms with van der Waals surface area (Å²) in [6.07, 6.45) is 5.15. The van der Waals surface area contributed by atoms with Crippen LogP contribution in [0.4, 0.5) is 0 Å². The molecule has 2 bridgehead atoms. The zero-order chi connectivity index (χ0) is 19.2.